The van der Waals surface area contributed by atoms with Crippen LogP contribution < -0.4 is 4.74 Å². The standard InChI is InChI=1S/C13H11NO3S/c1-16-13(15)10-7-18-12(14-10)9-3-2-8-4-5-17-11(8)6-9/h2-3,6-7H,4-5H2,1H3. The van der Waals surface area contributed by atoms with E-state index in [1.165, 1.54) is 24.0 Å². The number of fused-ring (bicyclic) bond motifs is 1. The van der Waals surface area contributed by atoms with Crippen LogP contribution in [-0.4, -0.2) is 24.7 Å². The van der Waals surface area contributed by atoms with Crippen molar-refractivity contribution in [1.82, 2.24) is 4.98 Å². The van der Waals surface area contributed by atoms with Crippen molar-refractivity contribution in [1.29, 1.82) is 0 Å². The van der Waals surface area contributed by atoms with Crippen LogP contribution in [0.2, 0.25) is 0 Å². The van der Waals surface area contributed by atoms with E-state index in [4.69, 9.17) is 4.74 Å². The highest BCUT2D eigenvalue weighted by molar-refractivity contribution is 7.13. The van der Waals surface area contributed by atoms with Crippen molar-refractivity contribution in [3.05, 3.63) is 34.8 Å². The number of carbonyl (C=O) groups excluding carboxylic acids is 1. The lowest BCUT2D eigenvalue weighted by molar-refractivity contribution is 0.0595. The van der Waals surface area contributed by atoms with Gasteiger partial charge in [-0.25, -0.2) is 9.78 Å². The number of hydrogen-bond acceptors (Lipinski definition) is 5. The predicted octanol–water partition coefficient (Wildman–Crippen LogP) is 2.53. The monoisotopic (exact) mass is 261 g/mol. The Hall–Kier alpha value is -1.88. The average molecular weight is 261 g/mol. The number of aromatic nitrogens is 1. The number of benzene rings is 1. The van der Waals surface area contributed by atoms with Crippen molar-refractivity contribution in [2.45, 2.75) is 6.42 Å². The Morgan fingerprint density at radius 1 is 1.50 bits per heavy atom. The summed E-state index contributed by atoms with van der Waals surface area (Å²) in [5, 5.41) is 2.50. The van der Waals surface area contributed by atoms with Gasteiger partial charge in [-0.15, -0.1) is 11.3 Å². The molecule has 4 nitrogen and oxygen atoms in total. The van der Waals surface area contributed by atoms with Gasteiger partial charge in [-0.05, 0) is 11.6 Å². The van der Waals surface area contributed by atoms with Crippen LogP contribution in [0.25, 0.3) is 10.6 Å². The second kappa shape index (κ2) is 4.42. The summed E-state index contributed by atoms with van der Waals surface area (Å²) in [4.78, 5) is 15.6. The molecular formula is C13H11NO3S. The van der Waals surface area contributed by atoms with Crippen molar-refractivity contribution >= 4 is 17.3 Å². The van der Waals surface area contributed by atoms with Crippen LogP contribution in [0.15, 0.2) is 23.6 Å². The van der Waals surface area contributed by atoms with Gasteiger partial charge in [0.05, 0.1) is 13.7 Å². The molecule has 3 rings (SSSR count). The minimum absolute atomic E-state index is 0.346. The van der Waals surface area contributed by atoms with Crippen LogP contribution in [0.5, 0.6) is 5.75 Å². The number of hydrogen-bond donors (Lipinski definition) is 0. The molecule has 0 fully saturated rings. The molecule has 1 aromatic heterocycles. The Morgan fingerprint density at radius 2 is 2.39 bits per heavy atom. The molecule has 1 aliphatic heterocycles. The molecule has 0 aliphatic carbocycles. The van der Waals surface area contributed by atoms with E-state index < -0.39 is 5.97 Å². The Morgan fingerprint density at radius 3 is 3.22 bits per heavy atom. The Labute approximate surface area is 108 Å². The van der Waals surface area contributed by atoms with Gasteiger partial charge < -0.3 is 9.47 Å². The third-order valence-corrected chi connectivity index (χ3v) is 3.73. The van der Waals surface area contributed by atoms with E-state index in [2.05, 4.69) is 15.8 Å². The van der Waals surface area contributed by atoms with E-state index in [0.717, 1.165) is 29.3 Å². The van der Waals surface area contributed by atoms with Crippen LogP contribution in [-0.2, 0) is 11.2 Å². The summed E-state index contributed by atoms with van der Waals surface area (Å²) in [5.41, 5.74) is 2.54. The zero-order valence-electron chi connectivity index (χ0n) is 9.80. The van der Waals surface area contributed by atoms with Crippen molar-refractivity contribution in [3.8, 4) is 16.3 Å². The number of rotatable bonds is 2. The van der Waals surface area contributed by atoms with E-state index in [1.807, 2.05) is 12.1 Å². The molecule has 2 heterocycles. The summed E-state index contributed by atoms with van der Waals surface area (Å²) < 4.78 is 10.2. The first-order chi connectivity index (χ1) is 8.78. The molecule has 0 saturated carbocycles. The minimum atomic E-state index is -0.407. The third kappa shape index (κ3) is 1.86. The fraction of sp³-hybridized carbons (Fsp3) is 0.231. The second-order valence-corrected chi connectivity index (χ2v) is 4.81. The molecule has 1 aliphatic rings. The van der Waals surface area contributed by atoms with Crippen molar-refractivity contribution in [2.75, 3.05) is 13.7 Å². The maximum atomic E-state index is 11.3. The number of esters is 1. The van der Waals surface area contributed by atoms with Gasteiger partial charge in [-0.1, -0.05) is 12.1 Å². The van der Waals surface area contributed by atoms with Crippen molar-refractivity contribution in [3.63, 3.8) is 0 Å². The normalized spacial score (nSPS) is 12.9. The van der Waals surface area contributed by atoms with Gasteiger partial charge in [0.2, 0.25) is 0 Å². The van der Waals surface area contributed by atoms with Gasteiger partial charge in [0.15, 0.2) is 5.69 Å². The molecule has 0 unspecified atom stereocenters. The summed E-state index contributed by atoms with van der Waals surface area (Å²) in [5.74, 6) is 0.511. The second-order valence-electron chi connectivity index (χ2n) is 3.95. The largest absolute Gasteiger partial charge is 0.493 e. The molecule has 0 saturated heterocycles. The number of ether oxygens (including phenoxy) is 2. The molecule has 0 bridgehead atoms. The fourth-order valence-corrected chi connectivity index (χ4v) is 2.69. The molecule has 0 radical (unpaired) electrons. The van der Waals surface area contributed by atoms with Gasteiger partial charge in [-0.3, -0.25) is 0 Å². The van der Waals surface area contributed by atoms with Gasteiger partial charge in [0.1, 0.15) is 10.8 Å². The lowest BCUT2D eigenvalue weighted by Crippen LogP contribution is -2.00. The van der Waals surface area contributed by atoms with E-state index in [-0.39, 0.29) is 0 Å². The first kappa shape index (κ1) is 11.2. The van der Waals surface area contributed by atoms with E-state index in [9.17, 15) is 4.79 Å². The van der Waals surface area contributed by atoms with Crippen molar-refractivity contribution in [2.24, 2.45) is 0 Å². The molecule has 0 amide bonds. The zero-order chi connectivity index (χ0) is 12.5. The molecular weight excluding hydrogens is 250 g/mol. The lowest BCUT2D eigenvalue weighted by Gasteiger charge is -2.01. The fourth-order valence-electron chi connectivity index (χ4n) is 1.90. The third-order valence-electron chi connectivity index (χ3n) is 2.84. The van der Waals surface area contributed by atoms with Crippen molar-refractivity contribution < 1.29 is 14.3 Å². The summed E-state index contributed by atoms with van der Waals surface area (Å²) >= 11 is 1.42. The number of methoxy groups -OCH3 is 1. The summed E-state index contributed by atoms with van der Waals surface area (Å²) in [6.45, 7) is 0.740. The topological polar surface area (TPSA) is 48.4 Å². The summed E-state index contributed by atoms with van der Waals surface area (Å²) in [6.07, 6.45) is 0.959. The maximum Gasteiger partial charge on any atom is 0.357 e. The molecule has 2 aromatic rings. The SMILES string of the molecule is COC(=O)c1csc(-c2ccc3c(c2)OCC3)n1. The first-order valence-corrected chi connectivity index (χ1v) is 6.46. The highest BCUT2D eigenvalue weighted by atomic mass is 32.1. The van der Waals surface area contributed by atoms with Gasteiger partial charge >= 0.3 is 5.97 Å². The summed E-state index contributed by atoms with van der Waals surface area (Å²) in [7, 11) is 1.35. The van der Waals surface area contributed by atoms with Gasteiger partial charge in [0.25, 0.3) is 0 Å². The molecule has 5 heteroatoms. The number of carbonyl (C=O) groups is 1. The Kier molecular flexibility index (Phi) is 2.76. The smallest absolute Gasteiger partial charge is 0.357 e. The Balaban J connectivity index is 1.95. The average Bonchev–Trinajstić information content (AvgIpc) is 3.05. The number of thiazole rings is 1. The zero-order valence-corrected chi connectivity index (χ0v) is 10.6. The molecule has 0 spiro atoms. The molecule has 0 atom stereocenters. The van der Waals surface area contributed by atoms with Crippen LogP contribution in [0.4, 0.5) is 0 Å². The van der Waals surface area contributed by atoms with Crippen LogP contribution >= 0.6 is 11.3 Å². The number of nitrogens with zero attached hydrogens (tertiary/aromatic N) is 1. The quantitative estimate of drug-likeness (QED) is 0.779. The summed E-state index contributed by atoms with van der Waals surface area (Å²) in [6, 6.07) is 6.03. The molecule has 0 N–H and O–H groups in total. The highest BCUT2D eigenvalue weighted by Crippen LogP contribution is 2.32. The van der Waals surface area contributed by atoms with E-state index in [1.54, 1.807) is 5.38 Å². The van der Waals surface area contributed by atoms with Crippen LogP contribution in [0.1, 0.15) is 16.1 Å². The Bertz CT molecular complexity index is 606. The van der Waals surface area contributed by atoms with Gasteiger partial charge in [-0.2, -0.15) is 0 Å². The van der Waals surface area contributed by atoms with Crippen LogP contribution in [0.3, 0.4) is 0 Å². The highest BCUT2D eigenvalue weighted by Gasteiger charge is 2.15. The van der Waals surface area contributed by atoms with Gasteiger partial charge in [0, 0.05) is 17.4 Å². The lowest BCUT2D eigenvalue weighted by atomic mass is 10.1. The minimum Gasteiger partial charge on any atom is -0.493 e. The van der Waals surface area contributed by atoms with Crippen LogP contribution in [0, 0.1) is 0 Å². The maximum absolute atomic E-state index is 11.3. The van der Waals surface area contributed by atoms with E-state index >= 15 is 0 Å². The van der Waals surface area contributed by atoms with E-state index in [0.29, 0.717) is 5.69 Å². The first-order valence-electron chi connectivity index (χ1n) is 5.58. The molecule has 92 valence electrons. The molecule has 1 aromatic carbocycles. The predicted molar refractivity (Wildman–Crippen MR) is 68.1 cm³/mol. The molecule has 18 heavy (non-hydrogen) atoms.